The minimum Gasteiger partial charge on any atom is -0.494 e. The van der Waals surface area contributed by atoms with Gasteiger partial charge < -0.3 is 9.64 Å². The monoisotopic (exact) mass is 312 g/mol. The second-order valence-corrected chi connectivity index (χ2v) is 6.28. The minimum absolute atomic E-state index is 0.0340. The third kappa shape index (κ3) is 5.89. The van der Waals surface area contributed by atoms with Gasteiger partial charge in [0.1, 0.15) is 5.75 Å². The van der Waals surface area contributed by atoms with Gasteiger partial charge in [-0.3, -0.25) is 4.90 Å². The van der Waals surface area contributed by atoms with Crippen LogP contribution in [0.3, 0.4) is 0 Å². The number of nitrogens with zero attached hydrogens (tertiary/aromatic N) is 2. The van der Waals surface area contributed by atoms with E-state index in [0.29, 0.717) is 26.2 Å². The van der Waals surface area contributed by atoms with Gasteiger partial charge in [-0.05, 0) is 38.2 Å². The standard InChI is InChI=1S/C17H26F2N2O/c1-20(2)9-4-12-22-16-6-3-5-15(13-16)14-21-10-7-17(18,19)8-11-21/h3,5-6,13H,4,7-12,14H2,1-2H3. The first kappa shape index (κ1) is 17.2. The molecule has 3 nitrogen and oxygen atoms in total. The number of halogens is 2. The van der Waals surface area contributed by atoms with Crippen LogP contribution >= 0.6 is 0 Å². The zero-order valence-corrected chi connectivity index (χ0v) is 13.5. The maximum absolute atomic E-state index is 13.2. The summed E-state index contributed by atoms with van der Waals surface area (Å²) in [6.45, 7) is 3.33. The van der Waals surface area contributed by atoms with Crippen molar-refractivity contribution < 1.29 is 13.5 Å². The Balaban J connectivity index is 1.79. The first-order chi connectivity index (χ1) is 10.4. The Morgan fingerprint density at radius 1 is 1.23 bits per heavy atom. The molecule has 1 aromatic carbocycles. The van der Waals surface area contributed by atoms with Crippen molar-refractivity contribution in [3.05, 3.63) is 29.8 Å². The van der Waals surface area contributed by atoms with Gasteiger partial charge in [-0.2, -0.15) is 0 Å². The average Bonchev–Trinajstić information content (AvgIpc) is 2.46. The van der Waals surface area contributed by atoms with E-state index in [4.69, 9.17) is 4.74 Å². The van der Waals surface area contributed by atoms with Crippen molar-refractivity contribution >= 4 is 0 Å². The number of rotatable bonds is 7. The molecule has 0 bridgehead atoms. The van der Waals surface area contributed by atoms with E-state index in [1.807, 2.05) is 38.4 Å². The molecule has 0 amide bonds. The highest BCUT2D eigenvalue weighted by atomic mass is 19.3. The Bertz CT molecular complexity index is 456. The number of likely N-dealkylation sites (tertiary alicyclic amines) is 1. The number of piperidine rings is 1. The molecular weight excluding hydrogens is 286 g/mol. The SMILES string of the molecule is CN(C)CCCOc1cccc(CN2CCC(F)(F)CC2)c1. The van der Waals surface area contributed by atoms with Crippen molar-refractivity contribution in [1.82, 2.24) is 9.80 Å². The van der Waals surface area contributed by atoms with Crippen LogP contribution in [-0.4, -0.2) is 56.1 Å². The zero-order valence-electron chi connectivity index (χ0n) is 13.5. The topological polar surface area (TPSA) is 15.7 Å². The molecular formula is C17H26F2N2O. The van der Waals surface area contributed by atoms with Crippen molar-refractivity contribution in [2.45, 2.75) is 31.7 Å². The van der Waals surface area contributed by atoms with Gasteiger partial charge in [-0.15, -0.1) is 0 Å². The number of hydrogen-bond donors (Lipinski definition) is 0. The van der Waals surface area contributed by atoms with Crippen LogP contribution in [0.4, 0.5) is 8.78 Å². The molecule has 1 aliphatic heterocycles. The van der Waals surface area contributed by atoms with Crippen molar-refractivity contribution in [1.29, 1.82) is 0 Å². The summed E-state index contributed by atoms with van der Waals surface area (Å²) in [5.74, 6) is -1.62. The summed E-state index contributed by atoms with van der Waals surface area (Å²) in [5.41, 5.74) is 1.12. The fraction of sp³-hybridized carbons (Fsp3) is 0.647. The van der Waals surface area contributed by atoms with Gasteiger partial charge in [0.15, 0.2) is 0 Å². The fourth-order valence-electron chi connectivity index (χ4n) is 2.60. The van der Waals surface area contributed by atoms with Crippen molar-refractivity contribution in [3.63, 3.8) is 0 Å². The molecule has 0 saturated carbocycles. The molecule has 0 N–H and O–H groups in total. The van der Waals surface area contributed by atoms with Gasteiger partial charge >= 0.3 is 0 Å². The number of benzene rings is 1. The third-order valence-corrected chi connectivity index (χ3v) is 3.91. The first-order valence-corrected chi connectivity index (χ1v) is 7.91. The Morgan fingerprint density at radius 2 is 1.95 bits per heavy atom. The summed E-state index contributed by atoms with van der Waals surface area (Å²) >= 11 is 0. The lowest BCUT2D eigenvalue weighted by molar-refractivity contribution is -0.0566. The van der Waals surface area contributed by atoms with Crippen LogP contribution in [0, 0.1) is 0 Å². The predicted molar refractivity (Wildman–Crippen MR) is 84.6 cm³/mol. The van der Waals surface area contributed by atoms with Crippen LogP contribution in [0.15, 0.2) is 24.3 Å². The molecule has 22 heavy (non-hydrogen) atoms. The summed E-state index contributed by atoms with van der Waals surface area (Å²) in [5, 5.41) is 0. The van der Waals surface area contributed by atoms with Gasteiger partial charge in [-0.25, -0.2) is 8.78 Å². The van der Waals surface area contributed by atoms with Crippen LogP contribution in [0.2, 0.25) is 0 Å². The molecule has 0 spiro atoms. The highest BCUT2D eigenvalue weighted by Gasteiger charge is 2.33. The normalized spacial score (nSPS) is 18.6. The maximum atomic E-state index is 13.2. The van der Waals surface area contributed by atoms with Crippen LogP contribution in [-0.2, 0) is 6.54 Å². The van der Waals surface area contributed by atoms with Gasteiger partial charge in [0, 0.05) is 39.0 Å². The minimum atomic E-state index is -2.48. The van der Waals surface area contributed by atoms with E-state index >= 15 is 0 Å². The van der Waals surface area contributed by atoms with Crippen molar-refractivity contribution in [2.75, 3.05) is 40.3 Å². The smallest absolute Gasteiger partial charge is 0.250 e. The predicted octanol–water partition coefficient (Wildman–Crippen LogP) is 3.25. The van der Waals surface area contributed by atoms with Crippen LogP contribution in [0.1, 0.15) is 24.8 Å². The molecule has 1 aromatic rings. The van der Waals surface area contributed by atoms with Crippen LogP contribution in [0.5, 0.6) is 5.75 Å². The highest BCUT2D eigenvalue weighted by molar-refractivity contribution is 5.28. The average molecular weight is 312 g/mol. The van der Waals surface area contributed by atoms with Crippen LogP contribution in [0.25, 0.3) is 0 Å². The van der Waals surface area contributed by atoms with E-state index < -0.39 is 5.92 Å². The summed E-state index contributed by atoms with van der Waals surface area (Å²) in [4.78, 5) is 4.22. The third-order valence-electron chi connectivity index (χ3n) is 3.91. The van der Waals surface area contributed by atoms with E-state index in [1.54, 1.807) is 0 Å². The molecule has 0 aliphatic carbocycles. The Labute approximate surface area is 131 Å². The second-order valence-electron chi connectivity index (χ2n) is 6.28. The molecule has 0 aromatic heterocycles. The molecule has 1 aliphatic rings. The van der Waals surface area contributed by atoms with E-state index in [1.165, 1.54) is 0 Å². The van der Waals surface area contributed by atoms with Gasteiger partial charge in [0.2, 0.25) is 0 Å². The fourth-order valence-corrected chi connectivity index (χ4v) is 2.60. The number of hydrogen-bond acceptors (Lipinski definition) is 3. The van der Waals surface area contributed by atoms with Gasteiger partial charge in [0.05, 0.1) is 6.61 Å². The second kappa shape index (κ2) is 7.88. The molecule has 0 radical (unpaired) electrons. The lowest BCUT2D eigenvalue weighted by atomic mass is 10.1. The summed E-state index contributed by atoms with van der Waals surface area (Å²) in [6.07, 6.45) is 0.917. The lowest BCUT2D eigenvalue weighted by Gasteiger charge is -2.31. The van der Waals surface area contributed by atoms with E-state index in [-0.39, 0.29) is 12.8 Å². The maximum Gasteiger partial charge on any atom is 0.250 e. The van der Waals surface area contributed by atoms with E-state index in [0.717, 1.165) is 24.3 Å². The molecule has 124 valence electrons. The van der Waals surface area contributed by atoms with Gasteiger partial charge in [0.25, 0.3) is 5.92 Å². The number of ether oxygens (including phenoxy) is 1. The summed E-state index contributed by atoms with van der Waals surface area (Å²) in [6, 6.07) is 7.96. The van der Waals surface area contributed by atoms with Crippen LogP contribution < -0.4 is 4.74 Å². The molecule has 0 atom stereocenters. The molecule has 1 fully saturated rings. The van der Waals surface area contributed by atoms with E-state index in [9.17, 15) is 8.78 Å². The first-order valence-electron chi connectivity index (χ1n) is 7.91. The highest BCUT2D eigenvalue weighted by Crippen LogP contribution is 2.28. The summed E-state index contributed by atoms with van der Waals surface area (Å²) in [7, 11) is 4.09. The van der Waals surface area contributed by atoms with Gasteiger partial charge in [-0.1, -0.05) is 12.1 Å². The zero-order chi connectivity index (χ0) is 16.0. The number of alkyl halides is 2. The largest absolute Gasteiger partial charge is 0.494 e. The lowest BCUT2D eigenvalue weighted by Crippen LogP contribution is -2.38. The quantitative estimate of drug-likeness (QED) is 0.719. The molecule has 5 heteroatoms. The Morgan fingerprint density at radius 3 is 2.64 bits per heavy atom. The molecule has 2 rings (SSSR count). The molecule has 1 heterocycles. The summed E-state index contributed by atoms with van der Waals surface area (Å²) < 4.78 is 32.1. The Hall–Kier alpha value is -1.20. The van der Waals surface area contributed by atoms with E-state index in [2.05, 4.69) is 9.80 Å². The van der Waals surface area contributed by atoms with Crippen molar-refractivity contribution in [3.8, 4) is 5.75 Å². The molecule has 1 saturated heterocycles. The molecule has 0 unspecified atom stereocenters. The Kier molecular flexibility index (Phi) is 6.15. The van der Waals surface area contributed by atoms with Crippen molar-refractivity contribution in [2.24, 2.45) is 0 Å².